The van der Waals surface area contributed by atoms with Crippen LogP contribution in [0.25, 0.3) is 23.0 Å². The lowest BCUT2D eigenvalue weighted by Crippen LogP contribution is -1.91. The molecule has 0 saturated heterocycles. The standard InChI is InChI=1S/C12H10BrN5O/c1-18-6-15-5-10(18)11-16-12(19-17-11)7-2-3-8(13)9(14)4-7/h2-6H,14H2,1H3. The van der Waals surface area contributed by atoms with Crippen molar-refractivity contribution in [3.05, 3.63) is 35.2 Å². The predicted molar refractivity (Wildman–Crippen MR) is 74.0 cm³/mol. The molecule has 96 valence electrons. The third-order valence-electron chi connectivity index (χ3n) is 2.71. The highest BCUT2D eigenvalue weighted by atomic mass is 79.9. The molecule has 0 aliphatic carbocycles. The Morgan fingerprint density at radius 3 is 2.89 bits per heavy atom. The van der Waals surface area contributed by atoms with Crippen molar-refractivity contribution in [1.82, 2.24) is 19.7 Å². The Morgan fingerprint density at radius 2 is 2.21 bits per heavy atom. The van der Waals surface area contributed by atoms with Crippen LogP contribution in [0.2, 0.25) is 0 Å². The molecule has 1 aromatic carbocycles. The molecule has 2 aromatic heterocycles. The van der Waals surface area contributed by atoms with Gasteiger partial charge in [-0.15, -0.1) is 0 Å². The average molecular weight is 320 g/mol. The molecule has 3 aromatic rings. The fourth-order valence-electron chi connectivity index (χ4n) is 1.69. The summed E-state index contributed by atoms with van der Waals surface area (Å²) >= 11 is 3.34. The first-order chi connectivity index (χ1) is 9.15. The van der Waals surface area contributed by atoms with Crippen molar-refractivity contribution in [1.29, 1.82) is 0 Å². The molecule has 2 heterocycles. The van der Waals surface area contributed by atoms with Crippen molar-refractivity contribution >= 4 is 21.6 Å². The van der Waals surface area contributed by atoms with Crippen molar-refractivity contribution < 1.29 is 4.52 Å². The number of nitrogens with zero attached hydrogens (tertiary/aromatic N) is 4. The number of halogens is 1. The van der Waals surface area contributed by atoms with Gasteiger partial charge in [0, 0.05) is 22.8 Å². The minimum Gasteiger partial charge on any atom is -0.398 e. The van der Waals surface area contributed by atoms with E-state index in [0.717, 1.165) is 15.7 Å². The maximum absolute atomic E-state index is 5.83. The Hall–Kier alpha value is -2.15. The molecule has 7 heteroatoms. The first kappa shape index (κ1) is 11.9. The molecule has 2 N–H and O–H groups in total. The second kappa shape index (κ2) is 4.51. The zero-order chi connectivity index (χ0) is 13.4. The summed E-state index contributed by atoms with van der Waals surface area (Å²) in [6.45, 7) is 0. The van der Waals surface area contributed by atoms with Crippen LogP contribution in [0.4, 0.5) is 5.69 Å². The van der Waals surface area contributed by atoms with Crippen molar-refractivity contribution in [2.45, 2.75) is 0 Å². The highest BCUT2D eigenvalue weighted by molar-refractivity contribution is 9.10. The molecule has 0 fully saturated rings. The Morgan fingerprint density at radius 1 is 1.37 bits per heavy atom. The van der Waals surface area contributed by atoms with E-state index in [1.165, 1.54) is 0 Å². The first-order valence-electron chi connectivity index (χ1n) is 5.51. The lowest BCUT2D eigenvalue weighted by molar-refractivity contribution is 0.432. The van der Waals surface area contributed by atoms with Gasteiger partial charge in [-0.05, 0) is 34.1 Å². The highest BCUT2D eigenvalue weighted by Gasteiger charge is 2.13. The number of nitrogens with two attached hydrogens (primary N) is 1. The summed E-state index contributed by atoms with van der Waals surface area (Å²) in [5.41, 5.74) is 8.03. The van der Waals surface area contributed by atoms with Gasteiger partial charge in [0.05, 0.1) is 12.5 Å². The molecule has 0 aliphatic rings. The van der Waals surface area contributed by atoms with E-state index >= 15 is 0 Å². The van der Waals surface area contributed by atoms with Crippen LogP contribution < -0.4 is 5.73 Å². The molecule has 3 rings (SSSR count). The van der Waals surface area contributed by atoms with Gasteiger partial charge >= 0.3 is 0 Å². The Kier molecular flexibility index (Phi) is 2.83. The third kappa shape index (κ3) is 2.12. The molecule has 0 spiro atoms. The number of aromatic nitrogens is 4. The summed E-state index contributed by atoms with van der Waals surface area (Å²) in [4.78, 5) is 8.37. The molecule has 0 saturated carbocycles. The second-order valence-electron chi connectivity index (χ2n) is 4.05. The van der Waals surface area contributed by atoms with Gasteiger partial charge in [0.25, 0.3) is 5.89 Å². The largest absolute Gasteiger partial charge is 0.398 e. The Labute approximate surface area is 117 Å². The summed E-state index contributed by atoms with van der Waals surface area (Å²) in [6, 6.07) is 5.49. The minimum atomic E-state index is 0.426. The highest BCUT2D eigenvalue weighted by Crippen LogP contribution is 2.27. The lowest BCUT2D eigenvalue weighted by atomic mass is 10.2. The number of benzene rings is 1. The summed E-state index contributed by atoms with van der Waals surface area (Å²) in [5.74, 6) is 0.923. The lowest BCUT2D eigenvalue weighted by Gasteiger charge is -1.99. The topological polar surface area (TPSA) is 82.8 Å². The van der Waals surface area contributed by atoms with E-state index < -0.39 is 0 Å². The maximum atomic E-state index is 5.83. The molecule has 0 unspecified atom stereocenters. The van der Waals surface area contributed by atoms with Gasteiger partial charge in [-0.2, -0.15) is 4.98 Å². The molecule has 0 amide bonds. The van der Waals surface area contributed by atoms with Crippen molar-refractivity contribution in [2.75, 3.05) is 5.73 Å². The number of aryl methyl sites for hydroxylation is 1. The van der Waals surface area contributed by atoms with E-state index in [1.807, 2.05) is 23.7 Å². The van der Waals surface area contributed by atoms with Crippen LogP contribution >= 0.6 is 15.9 Å². The Bertz CT molecular complexity index is 733. The van der Waals surface area contributed by atoms with E-state index in [-0.39, 0.29) is 0 Å². The molecule has 0 aliphatic heterocycles. The van der Waals surface area contributed by atoms with Gasteiger partial charge in [-0.1, -0.05) is 5.16 Å². The predicted octanol–water partition coefficient (Wildman–Crippen LogP) is 2.48. The summed E-state index contributed by atoms with van der Waals surface area (Å²) in [7, 11) is 1.87. The van der Waals surface area contributed by atoms with Crippen molar-refractivity contribution in [2.24, 2.45) is 7.05 Å². The van der Waals surface area contributed by atoms with Crippen LogP contribution in [0, 0.1) is 0 Å². The van der Waals surface area contributed by atoms with Gasteiger partial charge in [-0.3, -0.25) is 0 Å². The second-order valence-corrected chi connectivity index (χ2v) is 4.90. The first-order valence-corrected chi connectivity index (χ1v) is 6.30. The number of hydrogen-bond acceptors (Lipinski definition) is 5. The number of nitrogen functional groups attached to an aromatic ring is 1. The number of anilines is 1. The van der Waals surface area contributed by atoms with Crippen molar-refractivity contribution in [3.8, 4) is 23.0 Å². The zero-order valence-corrected chi connectivity index (χ0v) is 11.6. The molecule has 6 nitrogen and oxygen atoms in total. The summed E-state index contributed by atoms with van der Waals surface area (Å²) < 4.78 is 7.91. The number of rotatable bonds is 2. The smallest absolute Gasteiger partial charge is 0.258 e. The van der Waals surface area contributed by atoms with Crippen molar-refractivity contribution in [3.63, 3.8) is 0 Å². The van der Waals surface area contributed by atoms with E-state index in [9.17, 15) is 0 Å². The van der Waals surface area contributed by atoms with Crippen LogP contribution in [-0.2, 0) is 7.05 Å². The van der Waals surface area contributed by atoms with E-state index in [2.05, 4.69) is 31.1 Å². The molecule has 0 bridgehead atoms. The fourth-order valence-corrected chi connectivity index (χ4v) is 1.94. The fraction of sp³-hybridized carbons (Fsp3) is 0.0833. The normalized spacial score (nSPS) is 10.8. The number of imidazole rings is 1. The SMILES string of the molecule is Cn1cncc1-c1noc(-c2ccc(Br)c(N)c2)n1. The minimum absolute atomic E-state index is 0.426. The van der Waals surface area contributed by atoms with E-state index in [4.69, 9.17) is 10.3 Å². The summed E-state index contributed by atoms with van der Waals surface area (Å²) in [5, 5.41) is 3.95. The molecular formula is C12H10BrN5O. The van der Waals surface area contributed by atoms with Gasteiger partial charge in [-0.25, -0.2) is 4.98 Å². The molecule has 19 heavy (non-hydrogen) atoms. The third-order valence-corrected chi connectivity index (χ3v) is 3.44. The maximum Gasteiger partial charge on any atom is 0.258 e. The molecular weight excluding hydrogens is 310 g/mol. The van der Waals surface area contributed by atoms with E-state index in [1.54, 1.807) is 18.6 Å². The zero-order valence-electron chi connectivity index (χ0n) is 10.0. The van der Waals surface area contributed by atoms with Crippen LogP contribution in [0.5, 0.6) is 0 Å². The van der Waals surface area contributed by atoms with Gasteiger partial charge in [0.1, 0.15) is 5.69 Å². The van der Waals surface area contributed by atoms with Crippen LogP contribution in [0.3, 0.4) is 0 Å². The van der Waals surface area contributed by atoms with Crippen LogP contribution in [0.15, 0.2) is 39.7 Å². The van der Waals surface area contributed by atoms with Gasteiger partial charge in [0.15, 0.2) is 0 Å². The molecule has 0 atom stereocenters. The Balaban J connectivity index is 2.01. The summed E-state index contributed by atoms with van der Waals surface area (Å²) in [6.07, 6.45) is 3.37. The molecule has 0 radical (unpaired) electrons. The van der Waals surface area contributed by atoms with Gasteiger partial charge in [0.2, 0.25) is 5.82 Å². The van der Waals surface area contributed by atoms with Crippen LogP contribution in [-0.4, -0.2) is 19.7 Å². The average Bonchev–Trinajstić information content (AvgIpc) is 3.01. The van der Waals surface area contributed by atoms with Gasteiger partial charge < -0.3 is 14.8 Å². The quantitative estimate of drug-likeness (QED) is 0.734. The van der Waals surface area contributed by atoms with Crippen LogP contribution in [0.1, 0.15) is 0 Å². The van der Waals surface area contributed by atoms with E-state index in [0.29, 0.717) is 17.4 Å². The monoisotopic (exact) mass is 319 g/mol. The number of hydrogen-bond donors (Lipinski definition) is 1.